The summed E-state index contributed by atoms with van der Waals surface area (Å²) in [6.07, 6.45) is 18.2. The highest BCUT2D eigenvalue weighted by Gasteiger charge is 2.15. The van der Waals surface area contributed by atoms with E-state index in [0.717, 1.165) is 37.1 Å². The molecule has 0 spiro atoms. The van der Waals surface area contributed by atoms with Crippen molar-refractivity contribution in [2.75, 3.05) is 105 Å². The molecule has 5 aliphatic rings. The number of aliphatic hydroxyl groups excluding tert-OH is 2. The van der Waals surface area contributed by atoms with Gasteiger partial charge in [0.05, 0.1) is 32.0 Å². The molecule has 1 unspecified atom stereocenters. The van der Waals surface area contributed by atoms with Crippen molar-refractivity contribution in [2.45, 2.75) is 294 Å². The first-order chi connectivity index (χ1) is 34.1. The van der Waals surface area contributed by atoms with E-state index in [9.17, 15) is 0 Å². The molecule has 1 atom stereocenters. The van der Waals surface area contributed by atoms with Gasteiger partial charge < -0.3 is 44.2 Å². The molecule has 0 bridgehead atoms. The Kier molecular flexibility index (Phi) is 90.9. The van der Waals surface area contributed by atoms with Crippen LogP contribution in [0.5, 0.6) is 0 Å². The number of nitrogens with zero attached hydrogens (tertiary/aromatic N) is 5. The minimum absolute atomic E-state index is 0.117. The first kappa shape index (κ1) is 87.3. The van der Waals surface area contributed by atoms with Crippen LogP contribution in [0.1, 0.15) is 263 Å². The molecule has 0 amide bonds. The molecule has 5 heterocycles. The lowest BCUT2D eigenvalue weighted by Gasteiger charge is -2.29. The lowest BCUT2D eigenvalue weighted by atomic mass is 10.1. The predicted octanol–water partition coefficient (Wildman–Crippen LogP) is 16.1. The number of hydrogen-bond donors (Lipinski definition) is 2. The van der Waals surface area contributed by atoms with E-state index in [2.05, 4.69) is 93.7 Å². The van der Waals surface area contributed by atoms with Crippen LogP contribution in [0.15, 0.2) is 0 Å². The Bertz CT molecular complexity index is 819. The summed E-state index contributed by atoms with van der Waals surface area (Å²) in [6.45, 7) is 72.1. The average molecular weight is 1020 g/mol. The van der Waals surface area contributed by atoms with Crippen LogP contribution in [0.25, 0.3) is 0 Å². The molecule has 0 aromatic heterocycles. The van der Waals surface area contributed by atoms with E-state index in [-0.39, 0.29) is 19.3 Å². The summed E-state index contributed by atoms with van der Waals surface area (Å²) in [6, 6.07) is 1.54. The van der Waals surface area contributed by atoms with Gasteiger partial charge in [0.2, 0.25) is 0 Å². The number of likely N-dealkylation sites (tertiary alicyclic amines) is 5. The van der Waals surface area contributed by atoms with Gasteiger partial charge in [0.1, 0.15) is 6.10 Å². The Hall–Kier alpha value is -0.360. The first-order valence-electron chi connectivity index (χ1n) is 31.3. The topological polar surface area (TPSA) is 75.1 Å². The Morgan fingerprint density at radius 3 is 0.845 bits per heavy atom. The maximum absolute atomic E-state index is 8.73. The van der Waals surface area contributed by atoms with Crippen LogP contribution in [-0.4, -0.2) is 170 Å². The van der Waals surface area contributed by atoms with Crippen molar-refractivity contribution >= 4 is 0 Å². The van der Waals surface area contributed by atoms with E-state index in [1.807, 2.05) is 111 Å². The molecule has 2 N–H and O–H groups in total. The van der Waals surface area contributed by atoms with Crippen molar-refractivity contribution in [3.63, 3.8) is 0 Å². The molecule has 71 heavy (non-hydrogen) atoms. The van der Waals surface area contributed by atoms with Crippen LogP contribution >= 0.6 is 0 Å². The second-order valence-electron chi connectivity index (χ2n) is 19.2. The number of ether oxygens (including phenoxy) is 2. The summed E-state index contributed by atoms with van der Waals surface area (Å²) in [7, 11) is 0. The third-order valence-electron chi connectivity index (χ3n) is 11.0. The maximum atomic E-state index is 8.73. The number of piperidine rings is 3. The van der Waals surface area contributed by atoms with Gasteiger partial charge in [-0.1, -0.05) is 144 Å². The molecule has 0 aromatic rings. The molecule has 0 aliphatic carbocycles. The highest BCUT2D eigenvalue weighted by Crippen LogP contribution is 2.13. The molecule has 5 aliphatic heterocycles. The third kappa shape index (κ3) is 71.7. The van der Waals surface area contributed by atoms with Gasteiger partial charge >= 0.3 is 0 Å². The zero-order valence-corrected chi connectivity index (χ0v) is 54.5. The second-order valence-corrected chi connectivity index (χ2v) is 19.2. The highest BCUT2D eigenvalue weighted by atomic mass is 16.5. The zero-order chi connectivity index (χ0) is 56.8. The SMILES string of the molecule is CC.CC.CC.CC.CC.CC.CC.CC(C)CN1CCCC1.CC(C)CN1CCCCC1.CC(C)N1CCCC1.CC(C)N1CCCCC1.CC(C)OCC(O)CO.CC(C)OCCN1CCCCC1. The summed E-state index contributed by atoms with van der Waals surface area (Å²) < 4.78 is 10.5. The van der Waals surface area contributed by atoms with E-state index in [1.54, 1.807) is 0 Å². The third-order valence-corrected chi connectivity index (χ3v) is 11.0. The van der Waals surface area contributed by atoms with Crippen LogP contribution in [0, 0.1) is 11.8 Å². The van der Waals surface area contributed by atoms with Crippen molar-refractivity contribution in [3.05, 3.63) is 0 Å². The van der Waals surface area contributed by atoms with Crippen molar-refractivity contribution in [2.24, 2.45) is 11.8 Å². The molecule has 9 heteroatoms. The fraction of sp³-hybridized carbons (Fsp3) is 1.00. The largest absolute Gasteiger partial charge is 0.394 e. The molecule has 5 saturated heterocycles. The van der Waals surface area contributed by atoms with E-state index in [1.165, 1.54) is 162 Å². The van der Waals surface area contributed by atoms with Crippen molar-refractivity contribution in [3.8, 4) is 0 Å². The van der Waals surface area contributed by atoms with Crippen molar-refractivity contribution < 1.29 is 19.7 Å². The van der Waals surface area contributed by atoms with Gasteiger partial charge in [-0.25, -0.2) is 0 Å². The molecule has 0 aromatic carbocycles. The zero-order valence-electron chi connectivity index (χ0n) is 54.5. The van der Waals surface area contributed by atoms with Gasteiger partial charge in [0.25, 0.3) is 0 Å². The Morgan fingerprint density at radius 2 is 0.606 bits per heavy atom. The van der Waals surface area contributed by atoms with E-state index >= 15 is 0 Å². The summed E-state index contributed by atoms with van der Waals surface area (Å²) in [5.74, 6) is 1.70. The molecule has 5 fully saturated rings. The maximum Gasteiger partial charge on any atom is 0.100 e. The van der Waals surface area contributed by atoms with Crippen molar-refractivity contribution in [1.29, 1.82) is 0 Å². The molecule has 0 saturated carbocycles. The van der Waals surface area contributed by atoms with Gasteiger partial charge in [0.15, 0.2) is 0 Å². The quantitative estimate of drug-likeness (QED) is 0.177. The fourth-order valence-corrected chi connectivity index (χ4v) is 7.79. The standard InChI is InChI=1S/C10H21NO.C9H19N.2C8H17N.C7H15N.C6H14O3.7C2H6/c1-10(2)12-9-8-11-6-4-3-5-7-11;1-9(2)8-10-6-4-3-5-7-10;1-8(2)7-9-5-3-4-6-9;1-8(2)9-6-4-3-5-7-9;1-7(2)8-5-3-4-6-8;1-5(2)9-4-6(8)3-7;7*1-2/h10H,3-9H2,1-2H3;9H,3-8H2,1-2H3;2*8H,3-7H2,1-2H3;7H,3-6H2,1-2H3;5-8H,3-4H2,1-2H3;7*1-2H3. The van der Waals surface area contributed by atoms with Crippen LogP contribution in [0.3, 0.4) is 0 Å². The Balaban J connectivity index is -0.000000107. The van der Waals surface area contributed by atoms with Crippen LogP contribution in [-0.2, 0) is 9.47 Å². The summed E-state index contributed by atoms with van der Waals surface area (Å²) in [5.41, 5.74) is 0. The average Bonchev–Trinajstić information content (AvgIpc) is 4.15. The van der Waals surface area contributed by atoms with E-state index in [4.69, 9.17) is 19.7 Å². The molecule has 5 rings (SSSR count). The van der Waals surface area contributed by atoms with Gasteiger partial charge in [0, 0.05) is 31.7 Å². The van der Waals surface area contributed by atoms with E-state index < -0.39 is 6.10 Å². The molecule has 0 radical (unpaired) electrons. The smallest absolute Gasteiger partial charge is 0.100 e. The number of hydrogen-bond acceptors (Lipinski definition) is 9. The lowest BCUT2D eigenvalue weighted by molar-refractivity contribution is -0.0167. The minimum Gasteiger partial charge on any atom is -0.394 e. The molecular formula is C62H145N5O4. The number of rotatable bonds is 14. The van der Waals surface area contributed by atoms with Gasteiger partial charge in [-0.3, -0.25) is 0 Å². The highest BCUT2D eigenvalue weighted by molar-refractivity contribution is 4.70. The van der Waals surface area contributed by atoms with Gasteiger partial charge in [-0.15, -0.1) is 0 Å². The fourth-order valence-electron chi connectivity index (χ4n) is 7.79. The summed E-state index contributed by atoms with van der Waals surface area (Å²) >= 11 is 0. The summed E-state index contributed by atoms with van der Waals surface area (Å²) in [5, 5.41) is 17.0. The molecule has 9 nitrogen and oxygen atoms in total. The second kappa shape index (κ2) is 73.9. The van der Waals surface area contributed by atoms with Crippen LogP contribution in [0.4, 0.5) is 0 Å². The van der Waals surface area contributed by atoms with Crippen LogP contribution < -0.4 is 0 Å². The van der Waals surface area contributed by atoms with E-state index in [0.29, 0.717) is 6.10 Å². The lowest BCUT2D eigenvalue weighted by Crippen LogP contribution is -2.35. The number of aliphatic hydroxyl groups is 2. The molecule has 442 valence electrons. The summed E-state index contributed by atoms with van der Waals surface area (Å²) in [4.78, 5) is 12.7. The van der Waals surface area contributed by atoms with Gasteiger partial charge in [-0.2, -0.15) is 0 Å². The van der Waals surface area contributed by atoms with Crippen molar-refractivity contribution in [1.82, 2.24) is 24.5 Å². The Labute approximate surface area is 453 Å². The monoisotopic (exact) mass is 1020 g/mol. The first-order valence-corrected chi connectivity index (χ1v) is 31.3. The Morgan fingerprint density at radius 1 is 0.352 bits per heavy atom. The van der Waals surface area contributed by atoms with Gasteiger partial charge in [-0.05, 0) is 197 Å². The minimum atomic E-state index is -0.729. The normalized spacial score (nSPS) is 17.2. The molecular weight excluding hydrogens is 879 g/mol. The predicted molar refractivity (Wildman–Crippen MR) is 327 cm³/mol. The van der Waals surface area contributed by atoms with Crippen LogP contribution in [0.2, 0.25) is 0 Å².